The van der Waals surface area contributed by atoms with Crippen LogP contribution in [0.5, 0.6) is 0 Å². The molecular formula is C39H25N5. The van der Waals surface area contributed by atoms with Crippen LogP contribution in [0.2, 0.25) is 0 Å². The predicted molar refractivity (Wildman–Crippen MR) is 171 cm³/mol. The van der Waals surface area contributed by atoms with Gasteiger partial charge in [-0.3, -0.25) is 0 Å². The molecule has 0 amide bonds. The Labute approximate surface area is 256 Å². The minimum atomic E-state index is 0.151. The molecule has 206 valence electrons. The average Bonchev–Trinajstić information content (AvgIpc) is 3.60. The second-order valence-corrected chi connectivity index (χ2v) is 11.6. The van der Waals surface area contributed by atoms with E-state index in [4.69, 9.17) is 0 Å². The molecule has 3 aliphatic carbocycles. The molecule has 4 aliphatic rings. The number of nitriles is 3. The van der Waals surface area contributed by atoms with Crippen LogP contribution in [0.3, 0.4) is 0 Å². The van der Waals surface area contributed by atoms with Gasteiger partial charge < -0.3 is 9.47 Å². The number of aromatic nitrogens is 1. The highest BCUT2D eigenvalue weighted by molar-refractivity contribution is 6.09. The third-order valence-electron chi connectivity index (χ3n) is 9.20. The van der Waals surface area contributed by atoms with Gasteiger partial charge >= 0.3 is 0 Å². The minimum Gasteiger partial charge on any atom is -0.360 e. The molecule has 0 spiro atoms. The SMILES string of the molecule is N#CC1=CC2C3=C(CCC=C3)N(C3C=C(c4cc(C#N)cc(-n5c6c#cccc6c6cc(C#N)ccc65)c4)C=CC3)C2C=C1. The smallest absolute Gasteiger partial charge is 0.105 e. The van der Waals surface area contributed by atoms with Crippen molar-refractivity contribution in [2.45, 2.75) is 31.3 Å². The Hall–Kier alpha value is -6.01. The molecule has 0 N–H and O–H groups in total. The topological polar surface area (TPSA) is 79.5 Å². The van der Waals surface area contributed by atoms with Crippen LogP contribution in [-0.2, 0) is 0 Å². The van der Waals surface area contributed by atoms with Crippen molar-refractivity contribution in [1.82, 2.24) is 9.47 Å². The van der Waals surface area contributed by atoms with Crippen molar-refractivity contribution in [3.05, 3.63) is 143 Å². The van der Waals surface area contributed by atoms with E-state index in [0.717, 1.165) is 63.5 Å². The first-order chi connectivity index (χ1) is 21.7. The van der Waals surface area contributed by atoms with Gasteiger partial charge in [0.1, 0.15) is 5.52 Å². The summed E-state index contributed by atoms with van der Waals surface area (Å²) in [6.07, 6.45) is 20.4. The van der Waals surface area contributed by atoms with Gasteiger partial charge in [0.05, 0.1) is 46.9 Å². The normalized spacial score (nSPS) is 21.7. The van der Waals surface area contributed by atoms with Crippen molar-refractivity contribution in [3.8, 4) is 23.9 Å². The zero-order chi connectivity index (χ0) is 29.8. The Bertz CT molecular complexity index is 2210. The number of rotatable bonds is 3. The van der Waals surface area contributed by atoms with E-state index in [1.165, 1.54) is 11.3 Å². The number of benzene rings is 2. The van der Waals surface area contributed by atoms with E-state index in [1.807, 2.05) is 48.5 Å². The van der Waals surface area contributed by atoms with Crippen molar-refractivity contribution in [3.63, 3.8) is 0 Å². The highest BCUT2D eigenvalue weighted by atomic mass is 15.2. The number of nitrogens with zero attached hydrogens (tertiary/aromatic N) is 5. The number of hydrogen-bond donors (Lipinski definition) is 0. The first-order valence-corrected chi connectivity index (χ1v) is 14.9. The Kier molecular flexibility index (Phi) is 5.88. The van der Waals surface area contributed by atoms with Gasteiger partial charge in [-0.1, -0.05) is 48.6 Å². The molecule has 1 aliphatic heterocycles. The Balaban J connectivity index is 1.24. The summed E-state index contributed by atoms with van der Waals surface area (Å²) in [5, 5.41) is 31.2. The summed E-state index contributed by atoms with van der Waals surface area (Å²) in [4.78, 5) is 2.56. The summed E-state index contributed by atoms with van der Waals surface area (Å²) in [5.41, 5.74) is 9.32. The van der Waals surface area contributed by atoms with Crippen LogP contribution in [0.25, 0.3) is 33.1 Å². The summed E-state index contributed by atoms with van der Waals surface area (Å²) >= 11 is 0. The molecule has 8 rings (SSSR count). The molecule has 0 fully saturated rings. The maximum atomic E-state index is 10.1. The molecule has 1 aromatic heterocycles. The fourth-order valence-corrected chi connectivity index (χ4v) is 7.34. The molecule has 0 saturated heterocycles. The van der Waals surface area contributed by atoms with E-state index in [2.05, 4.69) is 88.4 Å². The number of fused-ring (bicyclic) bond motifs is 5. The molecule has 4 aromatic rings. The van der Waals surface area contributed by atoms with Crippen LogP contribution in [0, 0.1) is 52.0 Å². The molecular weight excluding hydrogens is 538 g/mol. The molecule has 0 radical (unpaired) electrons. The van der Waals surface area contributed by atoms with Gasteiger partial charge in [-0.25, -0.2) is 0 Å². The Morgan fingerprint density at radius 3 is 2.61 bits per heavy atom. The van der Waals surface area contributed by atoms with E-state index in [0.29, 0.717) is 11.1 Å². The molecule has 0 saturated carbocycles. The van der Waals surface area contributed by atoms with Gasteiger partial charge in [-0.2, -0.15) is 15.8 Å². The van der Waals surface area contributed by atoms with Crippen molar-refractivity contribution in [2.75, 3.05) is 0 Å². The van der Waals surface area contributed by atoms with Gasteiger partial charge in [0, 0.05) is 33.6 Å². The lowest BCUT2D eigenvalue weighted by atomic mass is 9.86. The van der Waals surface area contributed by atoms with Crippen LogP contribution in [-0.4, -0.2) is 21.6 Å². The summed E-state index contributed by atoms with van der Waals surface area (Å²) < 4.78 is 2.11. The van der Waals surface area contributed by atoms with Crippen molar-refractivity contribution >= 4 is 27.4 Å². The molecule has 3 unspecified atom stereocenters. The molecule has 3 aromatic carbocycles. The van der Waals surface area contributed by atoms with E-state index >= 15 is 0 Å². The van der Waals surface area contributed by atoms with Crippen LogP contribution < -0.4 is 0 Å². The standard InChI is InChI=1S/C39H25N5/c40-22-25-12-14-38-34(18-25)32-8-1-3-10-36(32)43(38)30-7-5-6-28(20-30)29-16-27(24-42)17-31(21-29)44-37-11-4-2-9-33(37)35-19-26(23-41)13-15-39(35)44/h1-2,5-6,8-9,12-21,30,34,38H,3,7,10H2. The monoisotopic (exact) mass is 563 g/mol. The van der Waals surface area contributed by atoms with Crippen molar-refractivity contribution in [1.29, 1.82) is 15.8 Å². The highest BCUT2D eigenvalue weighted by Crippen LogP contribution is 2.45. The molecule has 5 heteroatoms. The highest BCUT2D eigenvalue weighted by Gasteiger charge is 2.41. The number of hydrogen-bond acceptors (Lipinski definition) is 4. The largest absolute Gasteiger partial charge is 0.360 e. The van der Waals surface area contributed by atoms with Gasteiger partial charge in [-0.05, 0) is 96.6 Å². The zero-order valence-corrected chi connectivity index (χ0v) is 23.8. The van der Waals surface area contributed by atoms with Crippen molar-refractivity contribution < 1.29 is 0 Å². The van der Waals surface area contributed by atoms with Crippen LogP contribution >= 0.6 is 0 Å². The van der Waals surface area contributed by atoms with E-state index in [-0.39, 0.29) is 18.0 Å². The maximum Gasteiger partial charge on any atom is 0.105 e. The molecule has 2 heterocycles. The predicted octanol–water partition coefficient (Wildman–Crippen LogP) is 7.76. The Morgan fingerprint density at radius 1 is 0.841 bits per heavy atom. The fourth-order valence-electron chi connectivity index (χ4n) is 7.34. The van der Waals surface area contributed by atoms with Crippen LogP contribution in [0.15, 0.2) is 114 Å². The summed E-state index contributed by atoms with van der Waals surface area (Å²) in [6.45, 7) is 0. The molecule has 0 bridgehead atoms. The summed E-state index contributed by atoms with van der Waals surface area (Å²) in [6, 6.07) is 29.2. The second kappa shape index (κ2) is 10.1. The lowest BCUT2D eigenvalue weighted by Crippen LogP contribution is -2.40. The molecule has 5 nitrogen and oxygen atoms in total. The van der Waals surface area contributed by atoms with E-state index < -0.39 is 0 Å². The van der Waals surface area contributed by atoms with Gasteiger partial charge in [0.15, 0.2) is 0 Å². The lowest BCUT2D eigenvalue weighted by Gasteiger charge is -2.38. The van der Waals surface area contributed by atoms with Gasteiger partial charge in [0.2, 0.25) is 0 Å². The van der Waals surface area contributed by atoms with Gasteiger partial charge in [-0.15, -0.1) is 0 Å². The third kappa shape index (κ3) is 3.92. The summed E-state index contributed by atoms with van der Waals surface area (Å²) in [7, 11) is 0. The van der Waals surface area contributed by atoms with Crippen molar-refractivity contribution in [2.24, 2.45) is 5.92 Å². The molecule has 3 atom stereocenters. The Morgan fingerprint density at radius 2 is 1.75 bits per heavy atom. The van der Waals surface area contributed by atoms with E-state index in [1.54, 1.807) is 0 Å². The third-order valence-corrected chi connectivity index (χ3v) is 9.20. The first kappa shape index (κ1) is 25.7. The average molecular weight is 564 g/mol. The number of allylic oxidation sites excluding steroid dienone is 7. The lowest BCUT2D eigenvalue weighted by molar-refractivity contribution is 0.244. The minimum absolute atomic E-state index is 0.151. The maximum absolute atomic E-state index is 10.1. The zero-order valence-electron chi connectivity index (χ0n) is 23.8. The van der Waals surface area contributed by atoms with E-state index in [9.17, 15) is 15.8 Å². The fraction of sp³-hybridized carbons (Fsp3) is 0.154. The second-order valence-electron chi connectivity index (χ2n) is 11.6. The summed E-state index contributed by atoms with van der Waals surface area (Å²) in [5.74, 6) is 0.183. The van der Waals surface area contributed by atoms with Gasteiger partial charge in [0.25, 0.3) is 0 Å². The first-order valence-electron chi connectivity index (χ1n) is 14.9. The van der Waals surface area contributed by atoms with Crippen LogP contribution in [0.4, 0.5) is 0 Å². The molecule has 44 heavy (non-hydrogen) atoms. The quantitative estimate of drug-likeness (QED) is 0.255. The van der Waals surface area contributed by atoms with Crippen LogP contribution in [0.1, 0.15) is 36.0 Å².